The third kappa shape index (κ3) is 0.943. The molecular weight excluding hydrogens is 118 g/mol. The van der Waals surface area contributed by atoms with E-state index in [-0.39, 0.29) is 11.8 Å². The second kappa shape index (κ2) is 2.17. The van der Waals surface area contributed by atoms with Crippen molar-refractivity contribution in [3.8, 4) is 0 Å². The number of carbonyl (C=O) groups excluding carboxylic acids is 1. The maximum absolute atomic E-state index is 10.7. The number of hydroxylamine groups is 1. The Kier molecular flexibility index (Phi) is 1.51. The minimum absolute atomic E-state index is 0.0394. The summed E-state index contributed by atoms with van der Waals surface area (Å²) in [6.07, 6.45) is 2.80. The first kappa shape index (κ1) is 6.26. The van der Waals surface area contributed by atoms with Gasteiger partial charge in [0.2, 0.25) is 0 Å². The molecule has 0 saturated heterocycles. The molecule has 0 N–H and O–H groups in total. The van der Waals surface area contributed by atoms with Gasteiger partial charge in [-0.25, -0.2) is 4.79 Å². The highest BCUT2D eigenvalue weighted by Crippen LogP contribution is 2.12. The first-order chi connectivity index (χ1) is 4.25. The molecule has 3 nitrogen and oxygen atoms in total. The second-order valence-corrected chi connectivity index (χ2v) is 2.19. The van der Waals surface area contributed by atoms with Gasteiger partial charge in [-0.15, -0.1) is 4.74 Å². The molecule has 1 atom stereocenters. The molecule has 50 valence electrons. The molecule has 3 heteroatoms. The lowest BCUT2D eigenvalue weighted by Gasteiger charge is -1.97. The maximum Gasteiger partial charge on any atom is 0.401 e. The zero-order chi connectivity index (χ0) is 6.85. The number of rotatable bonds is 1. The molecule has 1 aliphatic rings. The Morgan fingerprint density at radius 2 is 2.67 bits per heavy atom. The first-order valence-corrected chi connectivity index (χ1v) is 3.09. The Labute approximate surface area is 53.6 Å². The summed E-state index contributed by atoms with van der Waals surface area (Å²) in [5.74, 6) is -0.319. The number of hydrogen-bond acceptors (Lipinski definition) is 2. The average Bonchev–Trinajstić information content (AvgIpc) is 2.15. The molecule has 0 spiro atoms. The highest BCUT2D eigenvalue weighted by atomic mass is 16.5. The van der Waals surface area contributed by atoms with E-state index in [0.717, 1.165) is 6.42 Å². The quantitative estimate of drug-likeness (QED) is 0.381. The summed E-state index contributed by atoms with van der Waals surface area (Å²) in [5, 5.41) is 10.5. The van der Waals surface area contributed by atoms with Gasteiger partial charge in [-0.3, -0.25) is 0 Å². The predicted molar refractivity (Wildman–Crippen MR) is 33.1 cm³/mol. The van der Waals surface area contributed by atoms with Crippen LogP contribution in [0.2, 0.25) is 0 Å². The molecule has 0 saturated carbocycles. The van der Waals surface area contributed by atoms with Crippen LogP contribution in [-0.2, 0) is 4.79 Å². The summed E-state index contributed by atoms with van der Waals surface area (Å²) in [6.45, 7) is 1.91. The van der Waals surface area contributed by atoms with Gasteiger partial charge in [-0.1, -0.05) is 6.92 Å². The Morgan fingerprint density at radius 3 is 2.89 bits per heavy atom. The van der Waals surface area contributed by atoms with Crippen LogP contribution < -0.4 is 0 Å². The van der Waals surface area contributed by atoms with E-state index in [1.807, 2.05) is 6.92 Å². The van der Waals surface area contributed by atoms with Gasteiger partial charge in [0.25, 0.3) is 0 Å². The standard InChI is InChI=1S/C6H9NO2/c1-2-5-3-4-7(9)6(5)8/h4-5H,2-3H2,1H3. The minimum atomic E-state index is -0.280. The van der Waals surface area contributed by atoms with E-state index in [0.29, 0.717) is 11.2 Å². The summed E-state index contributed by atoms with van der Waals surface area (Å²) in [5.41, 5.74) is 0. The van der Waals surface area contributed by atoms with Crippen molar-refractivity contribution in [3.05, 3.63) is 5.21 Å². The summed E-state index contributed by atoms with van der Waals surface area (Å²) in [7, 11) is 0. The summed E-state index contributed by atoms with van der Waals surface area (Å²) < 4.78 is 0.439. The lowest BCUT2D eigenvalue weighted by molar-refractivity contribution is -0.374. The van der Waals surface area contributed by atoms with E-state index in [4.69, 9.17) is 0 Å². The molecule has 0 aromatic heterocycles. The Balaban J connectivity index is 2.62. The van der Waals surface area contributed by atoms with Crippen LogP contribution in [0.3, 0.4) is 0 Å². The molecule has 0 radical (unpaired) electrons. The topological polar surface area (TPSA) is 43.1 Å². The highest BCUT2D eigenvalue weighted by molar-refractivity contribution is 5.82. The van der Waals surface area contributed by atoms with E-state index < -0.39 is 0 Å². The number of nitrogens with zero attached hydrogens (tertiary/aromatic N) is 1. The SMILES string of the molecule is CCC1CC=[N+]([O-])C1=O. The lowest BCUT2D eigenvalue weighted by atomic mass is 10.1. The molecule has 1 aliphatic heterocycles. The van der Waals surface area contributed by atoms with E-state index in [2.05, 4.69) is 0 Å². The third-order valence-electron chi connectivity index (χ3n) is 1.62. The fourth-order valence-corrected chi connectivity index (χ4v) is 0.935. The van der Waals surface area contributed by atoms with Crippen molar-refractivity contribution in [3.63, 3.8) is 0 Å². The van der Waals surface area contributed by atoms with E-state index in [9.17, 15) is 10.0 Å². The van der Waals surface area contributed by atoms with Crippen LogP contribution in [0.5, 0.6) is 0 Å². The van der Waals surface area contributed by atoms with E-state index in [1.165, 1.54) is 6.21 Å². The molecular formula is C6H9NO2. The maximum atomic E-state index is 10.7. The van der Waals surface area contributed by atoms with Crippen molar-refractivity contribution in [1.82, 2.24) is 0 Å². The number of amides is 1. The van der Waals surface area contributed by atoms with Crippen LogP contribution in [-0.4, -0.2) is 16.9 Å². The van der Waals surface area contributed by atoms with Crippen molar-refractivity contribution in [2.75, 3.05) is 0 Å². The van der Waals surface area contributed by atoms with Crippen LogP contribution in [0.15, 0.2) is 0 Å². The molecule has 0 aromatic carbocycles. The molecule has 0 aromatic rings. The Hall–Kier alpha value is -0.860. The van der Waals surface area contributed by atoms with Gasteiger partial charge in [0, 0.05) is 6.42 Å². The van der Waals surface area contributed by atoms with Gasteiger partial charge in [-0.05, 0) is 6.42 Å². The van der Waals surface area contributed by atoms with Crippen LogP contribution in [0.25, 0.3) is 0 Å². The molecule has 1 heterocycles. The van der Waals surface area contributed by atoms with E-state index in [1.54, 1.807) is 0 Å². The molecule has 9 heavy (non-hydrogen) atoms. The summed E-state index contributed by atoms with van der Waals surface area (Å²) in [4.78, 5) is 10.7. The minimum Gasteiger partial charge on any atom is -0.616 e. The van der Waals surface area contributed by atoms with Crippen LogP contribution in [0, 0.1) is 11.1 Å². The van der Waals surface area contributed by atoms with Crippen LogP contribution in [0.1, 0.15) is 19.8 Å². The van der Waals surface area contributed by atoms with Crippen molar-refractivity contribution >= 4 is 12.1 Å². The fourth-order valence-electron chi connectivity index (χ4n) is 0.935. The van der Waals surface area contributed by atoms with Crippen molar-refractivity contribution in [1.29, 1.82) is 0 Å². The second-order valence-electron chi connectivity index (χ2n) is 2.19. The van der Waals surface area contributed by atoms with Gasteiger partial charge < -0.3 is 5.21 Å². The molecule has 1 rings (SSSR count). The largest absolute Gasteiger partial charge is 0.616 e. The predicted octanol–water partition coefficient (Wildman–Crippen LogP) is 0.524. The normalized spacial score (nSPS) is 26.6. The molecule has 0 bridgehead atoms. The average molecular weight is 127 g/mol. The molecule has 1 amide bonds. The zero-order valence-corrected chi connectivity index (χ0v) is 5.33. The van der Waals surface area contributed by atoms with Crippen LogP contribution in [0.4, 0.5) is 0 Å². The fraction of sp³-hybridized carbons (Fsp3) is 0.667. The van der Waals surface area contributed by atoms with Gasteiger partial charge in [0.1, 0.15) is 0 Å². The Bertz CT molecular complexity index is 162. The lowest BCUT2D eigenvalue weighted by Crippen LogP contribution is -2.15. The van der Waals surface area contributed by atoms with Gasteiger partial charge in [0.15, 0.2) is 6.21 Å². The monoisotopic (exact) mass is 127 g/mol. The van der Waals surface area contributed by atoms with Crippen molar-refractivity contribution < 1.29 is 9.53 Å². The van der Waals surface area contributed by atoms with Crippen molar-refractivity contribution in [2.24, 2.45) is 5.92 Å². The smallest absolute Gasteiger partial charge is 0.401 e. The highest BCUT2D eigenvalue weighted by Gasteiger charge is 2.29. The summed E-state index contributed by atoms with van der Waals surface area (Å²) in [6, 6.07) is 0. The molecule has 0 aliphatic carbocycles. The molecule has 0 fully saturated rings. The Morgan fingerprint density at radius 1 is 2.00 bits per heavy atom. The van der Waals surface area contributed by atoms with Crippen LogP contribution >= 0.6 is 0 Å². The molecule has 1 unspecified atom stereocenters. The van der Waals surface area contributed by atoms with Gasteiger partial charge in [0.05, 0.1) is 5.92 Å². The number of hydrogen-bond donors (Lipinski definition) is 0. The number of carbonyl (C=O) groups is 1. The third-order valence-corrected chi connectivity index (χ3v) is 1.62. The summed E-state index contributed by atoms with van der Waals surface area (Å²) >= 11 is 0. The van der Waals surface area contributed by atoms with Gasteiger partial charge in [-0.2, -0.15) is 0 Å². The zero-order valence-electron chi connectivity index (χ0n) is 5.33. The van der Waals surface area contributed by atoms with E-state index >= 15 is 0 Å². The van der Waals surface area contributed by atoms with Gasteiger partial charge >= 0.3 is 5.91 Å². The van der Waals surface area contributed by atoms with Crippen molar-refractivity contribution in [2.45, 2.75) is 19.8 Å². The first-order valence-electron chi connectivity index (χ1n) is 3.09.